The van der Waals surface area contributed by atoms with Crippen LogP contribution in [-0.4, -0.2) is 46.5 Å². The molecule has 0 bridgehead atoms. The van der Waals surface area contributed by atoms with Crippen molar-refractivity contribution in [3.8, 4) is 0 Å². The summed E-state index contributed by atoms with van der Waals surface area (Å²) in [5.41, 5.74) is 7.29. The first-order chi connectivity index (χ1) is 9.69. The van der Waals surface area contributed by atoms with Crippen LogP contribution in [-0.2, 0) is 11.3 Å². The van der Waals surface area contributed by atoms with Gasteiger partial charge in [0.05, 0.1) is 24.9 Å². The van der Waals surface area contributed by atoms with Crippen molar-refractivity contribution in [2.45, 2.75) is 58.3 Å². The molecule has 2 heterocycles. The minimum atomic E-state index is 0.247. The van der Waals surface area contributed by atoms with Crippen molar-refractivity contribution in [2.75, 3.05) is 19.7 Å². The number of aryl methyl sites for hydroxylation is 1. The van der Waals surface area contributed by atoms with Gasteiger partial charge < -0.3 is 10.5 Å². The summed E-state index contributed by atoms with van der Waals surface area (Å²) in [5.74, 6) is 0. The molecular weight excluding hydrogens is 252 g/mol. The number of hydrogen-bond donors (Lipinski definition) is 1. The first-order valence-electron chi connectivity index (χ1n) is 7.79. The van der Waals surface area contributed by atoms with Crippen LogP contribution >= 0.6 is 0 Å². The number of ether oxygens (including phenoxy) is 1. The van der Waals surface area contributed by atoms with Gasteiger partial charge in [0.15, 0.2) is 0 Å². The largest absolute Gasteiger partial charge is 0.376 e. The SMILES string of the molecule is CCCn1cc(C(CN)N2CC(C)OCC2CC)cn1. The highest BCUT2D eigenvalue weighted by atomic mass is 16.5. The van der Waals surface area contributed by atoms with E-state index in [-0.39, 0.29) is 12.1 Å². The normalized spacial score (nSPS) is 25.8. The Labute approximate surface area is 122 Å². The molecule has 114 valence electrons. The number of nitrogens with two attached hydrogens (primary N) is 1. The van der Waals surface area contributed by atoms with E-state index in [4.69, 9.17) is 10.5 Å². The first kappa shape index (κ1) is 15.5. The van der Waals surface area contributed by atoms with E-state index < -0.39 is 0 Å². The van der Waals surface area contributed by atoms with Crippen LogP contribution in [0.25, 0.3) is 0 Å². The van der Waals surface area contributed by atoms with Crippen LogP contribution in [0, 0.1) is 0 Å². The van der Waals surface area contributed by atoms with E-state index in [1.807, 2.05) is 10.9 Å². The van der Waals surface area contributed by atoms with Crippen LogP contribution in [0.1, 0.15) is 45.2 Å². The van der Waals surface area contributed by atoms with E-state index in [2.05, 4.69) is 37.0 Å². The zero-order chi connectivity index (χ0) is 14.5. The van der Waals surface area contributed by atoms with Gasteiger partial charge >= 0.3 is 0 Å². The Bertz CT molecular complexity index is 406. The Hall–Kier alpha value is -0.910. The fraction of sp³-hybridized carbons (Fsp3) is 0.800. The van der Waals surface area contributed by atoms with Crippen molar-refractivity contribution in [1.82, 2.24) is 14.7 Å². The minimum absolute atomic E-state index is 0.247. The number of hydrogen-bond acceptors (Lipinski definition) is 4. The summed E-state index contributed by atoms with van der Waals surface area (Å²) in [6, 6.07) is 0.700. The molecule has 0 aromatic carbocycles. The summed E-state index contributed by atoms with van der Waals surface area (Å²) in [6.07, 6.45) is 6.58. The molecule has 0 spiro atoms. The van der Waals surface area contributed by atoms with Crippen molar-refractivity contribution in [1.29, 1.82) is 0 Å². The smallest absolute Gasteiger partial charge is 0.0675 e. The lowest BCUT2D eigenvalue weighted by Crippen LogP contribution is -2.51. The maximum absolute atomic E-state index is 6.06. The van der Waals surface area contributed by atoms with Gasteiger partial charge in [-0.05, 0) is 19.8 Å². The van der Waals surface area contributed by atoms with Gasteiger partial charge in [0.1, 0.15) is 0 Å². The van der Waals surface area contributed by atoms with Crippen LogP contribution < -0.4 is 5.73 Å². The first-order valence-corrected chi connectivity index (χ1v) is 7.79. The third-order valence-corrected chi connectivity index (χ3v) is 4.10. The Morgan fingerprint density at radius 3 is 2.95 bits per heavy atom. The van der Waals surface area contributed by atoms with Crippen LogP contribution in [0.5, 0.6) is 0 Å². The Morgan fingerprint density at radius 2 is 2.30 bits per heavy atom. The van der Waals surface area contributed by atoms with E-state index in [1.54, 1.807) is 0 Å². The lowest BCUT2D eigenvalue weighted by molar-refractivity contribution is -0.0719. The molecule has 0 radical (unpaired) electrons. The maximum atomic E-state index is 6.06. The molecule has 1 fully saturated rings. The summed E-state index contributed by atoms with van der Waals surface area (Å²) in [5, 5.41) is 4.44. The zero-order valence-corrected chi connectivity index (χ0v) is 13.0. The van der Waals surface area contributed by atoms with Crippen molar-refractivity contribution in [3.05, 3.63) is 18.0 Å². The van der Waals surface area contributed by atoms with Crippen molar-refractivity contribution in [3.63, 3.8) is 0 Å². The van der Waals surface area contributed by atoms with E-state index >= 15 is 0 Å². The second-order valence-corrected chi connectivity index (χ2v) is 5.69. The molecule has 1 aromatic heterocycles. The molecular formula is C15H28N4O. The summed E-state index contributed by atoms with van der Waals surface area (Å²) in [4.78, 5) is 2.50. The van der Waals surface area contributed by atoms with E-state index in [0.717, 1.165) is 32.5 Å². The molecule has 1 aliphatic rings. The summed E-state index contributed by atoms with van der Waals surface area (Å²) < 4.78 is 7.80. The minimum Gasteiger partial charge on any atom is -0.376 e. The quantitative estimate of drug-likeness (QED) is 0.863. The molecule has 5 heteroatoms. The average Bonchev–Trinajstić information content (AvgIpc) is 2.89. The molecule has 0 saturated carbocycles. The van der Waals surface area contributed by atoms with Gasteiger partial charge in [-0.1, -0.05) is 13.8 Å². The van der Waals surface area contributed by atoms with Crippen LogP contribution in [0.3, 0.4) is 0 Å². The summed E-state index contributed by atoms with van der Waals surface area (Å²) in [7, 11) is 0. The van der Waals surface area contributed by atoms with Crippen molar-refractivity contribution < 1.29 is 4.74 Å². The summed E-state index contributed by atoms with van der Waals surface area (Å²) in [6.45, 7) is 9.85. The molecule has 0 aliphatic carbocycles. The lowest BCUT2D eigenvalue weighted by atomic mass is 10.0. The predicted octanol–water partition coefficient (Wildman–Crippen LogP) is 1.79. The molecule has 5 nitrogen and oxygen atoms in total. The highest BCUT2D eigenvalue weighted by molar-refractivity contribution is 5.12. The van der Waals surface area contributed by atoms with Crippen molar-refractivity contribution in [2.24, 2.45) is 5.73 Å². The highest BCUT2D eigenvalue weighted by Crippen LogP contribution is 2.26. The second-order valence-electron chi connectivity index (χ2n) is 5.69. The molecule has 2 rings (SSSR count). The average molecular weight is 280 g/mol. The van der Waals surface area contributed by atoms with Gasteiger partial charge in [-0.3, -0.25) is 9.58 Å². The second kappa shape index (κ2) is 7.20. The van der Waals surface area contributed by atoms with Crippen LogP contribution in [0.15, 0.2) is 12.4 Å². The lowest BCUT2D eigenvalue weighted by Gasteiger charge is -2.42. The number of morpholine rings is 1. The number of nitrogens with zero attached hydrogens (tertiary/aromatic N) is 3. The molecule has 20 heavy (non-hydrogen) atoms. The Balaban J connectivity index is 2.15. The van der Waals surface area contributed by atoms with Gasteiger partial charge in [-0.15, -0.1) is 0 Å². The summed E-state index contributed by atoms with van der Waals surface area (Å²) >= 11 is 0. The Morgan fingerprint density at radius 1 is 1.50 bits per heavy atom. The van der Waals surface area contributed by atoms with E-state index in [9.17, 15) is 0 Å². The molecule has 1 aromatic rings. The predicted molar refractivity (Wildman–Crippen MR) is 80.5 cm³/mol. The van der Waals surface area contributed by atoms with Gasteiger partial charge in [0, 0.05) is 37.4 Å². The fourth-order valence-corrected chi connectivity index (χ4v) is 2.97. The van der Waals surface area contributed by atoms with Gasteiger partial charge in [-0.25, -0.2) is 0 Å². The molecule has 2 N–H and O–H groups in total. The standard InChI is InChI=1S/C15H28N4O/c1-4-6-18-10-13(8-17-18)15(7-16)19-9-12(3)20-11-14(19)5-2/h8,10,12,14-15H,4-7,9,11,16H2,1-3H3. The Kier molecular flexibility index (Phi) is 5.57. The molecule has 3 unspecified atom stereocenters. The van der Waals surface area contributed by atoms with Gasteiger partial charge in [0.25, 0.3) is 0 Å². The molecule has 1 saturated heterocycles. The highest BCUT2D eigenvalue weighted by Gasteiger charge is 2.31. The third-order valence-electron chi connectivity index (χ3n) is 4.10. The van der Waals surface area contributed by atoms with Crippen molar-refractivity contribution >= 4 is 0 Å². The topological polar surface area (TPSA) is 56.3 Å². The molecule has 0 amide bonds. The maximum Gasteiger partial charge on any atom is 0.0675 e. The monoisotopic (exact) mass is 280 g/mol. The molecule has 1 aliphatic heterocycles. The van der Waals surface area contributed by atoms with E-state index in [0.29, 0.717) is 12.6 Å². The number of aromatic nitrogens is 2. The van der Waals surface area contributed by atoms with Crippen LogP contribution in [0.4, 0.5) is 0 Å². The van der Waals surface area contributed by atoms with Crippen LogP contribution in [0.2, 0.25) is 0 Å². The molecule has 3 atom stereocenters. The third kappa shape index (κ3) is 3.40. The number of rotatable bonds is 6. The van der Waals surface area contributed by atoms with Gasteiger partial charge in [0.2, 0.25) is 0 Å². The van der Waals surface area contributed by atoms with E-state index in [1.165, 1.54) is 5.56 Å². The fourth-order valence-electron chi connectivity index (χ4n) is 2.97. The van der Waals surface area contributed by atoms with Gasteiger partial charge in [-0.2, -0.15) is 5.10 Å². The zero-order valence-electron chi connectivity index (χ0n) is 13.0.